The molecule has 8 nitrogen and oxygen atoms in total. The topological polar surface area (TPSA) is 102 Å². The van der Waals surface area contributed by atoms with Gasteiger partial charge in [-0.15, -0.1) is 0 Å². The quantitative estimate of drug-likeness (QED) is 0.539. The van der Waals surface area contributed by atoms with E-state index in [2.05, 4.69) is 25.1 Å². The van der Waals surface area contributed by atoms with Crippen molar-refractivity contribution in [1.29, 1.82) is 0 Å². The Balaban J connectivity index is 1.77. The van der Waals surface area contributed by atoms with Crippen LogP contribution in [0.15, 0.2) is 65.8 Å². The summed E-state index contributed by atoms with van der Waals surface area (Å²) in [5, 5.41) is 7.07. The summed E-state index contributed by atoms with van der Waals surface area (Å²) >= 11 is 0. The van der Waals surface area contributed by atoms with Crippen LogP contribution in [0, 0.1) is 6.92 Å². The maximum Gasteiger partial charge on any atom is 0.266 e. The highest BCUT2D eigenvalue weighted by atomic mass is 32.2. The Bertz CT molecular complexity index is 1250. The number of rotatable bonds is 5. The number of para-hydroxylation sites is 2. The van der Waals surface area contributed by atoms with Crippen molar-refractivity contribution in [2.45, 2.75) is 11.8 Å². The van der Waals surface area contributed by atoms with Crippen LogP contribution in [0.1, 0.15) is 5.56 Å². The van der Waals surface area contributed by atoms with E-state index in [1.807, 2.05) is 49.4 Å². The highest BCUT2D eigenvalue weighted by Gasteiger charge is 2.20. The van der Waals surface area contributed by atoms with E-state index < -0.39 is 10.0 Å². The fraction of sp³-hybridized carbons (Fsp3) is 0.105. The first kappa shape index (κ1) is 17.9. The van der Waals surface area contributed by atoms with Crippen LogP contribution >= 0.6 is 0 Å². The fourth-order valence-electron chi connectivity index (χ4n) is 2.66. The van der Waals surface area contributed by atoms with Crippen molar-refractivity contribution in [2.75, 3.05) is 10.0 Å². The molecule has 0 fully saturated rings. The molecule has 0 aliphatic heterocycles. The van der Waals surface area contributed by atoms with Gasteiger partial charge in [-0.25, -0.2) is 18.4 Å². The summed E-state index contributed by atoms with van der Waals surface area (Å²) in [7, 11) is -2.21. The summed E-state index contributed by atoms with van der Waals surface area (Å²) in [6.07, 6.45) is 2.70. The van der Waals surface area contributed by atoms with Gasteiger partial charge in [-0.1, -0.05) is 29.8 Å². The van der Waals surface area contributed by atoms with Crippen molar-refractivity contribution in [2.24, 2.45) is 7.05 Å². The van der Waals surface area contributed by atoms with Gasteiger partial charge in [0.2, 0.25) is 0 Å². The molecule has 2 aromatic carbocycles. The molecule has 4 rings (SSSR count). The van der Waals surface area contributed by atoms with E-state index in [1.54, 1.807) is 13.1 Å². The summed E-state index contributed by atoms with van der Waals surface area (Å²) in [6, 6.07) is 15.0. The van der Waals surface area contributed by atoms with Gasteiger partial charge >= 0.3 is 0 Å². The Hall–Kier alpha value is -3.46. The molecule has 0 bridgehead atoms. The van der Waals surface area contributed by atoms with Gasteiger partial charge in [0.1, 0.15) is 4.90 Å². The lowest BCUT2D eigenvalue weighted by Crippen LogP contribution is -2.15. The van der Waals surface area contributed by atoms with Crippen LogP contribution in [0.3, 0.4) is 0 Å². The Morgan fingerprint density at radius 1 is 0.929 bits per heavy atom. The molecule has 0 aliphatic rings. The predicted molar refractivity (Wildman–Crippen MR) is 108 cm³/mol. The second-order valence-corrected chi connectivity index (χ2v) is 8.04. The highest BCUT2D eigenvalue weighted by Crippen LogP contribution is 2.27. The molecular formula is C19H18N6O2S. The largest absolute Gasteiger partial charge is 0.337 e. The van der Waals surface area contributed by atoms with E-state index in [9.17, 15) is 8.42 Å². The molecule has 9 heteroatoms. The summed E-state index contributed by atoms with van der Waals surface area (Å²) < 4.78 is 29.4. The van der Waals surface area contributed by atoms with Crippen molar-refractivity contribution in [3.8, 4) is 0 Å². The van der Waals surface area contributed by atoms with Gasteiger partial charge in [0.15, 0.2) is 11.6 Å². The molecule has 0 unspecified atom stereocenters. The maximum absolute atomic E-state index is 12.7. The first-order chi connectivity index (χ1) is 13.4. The second kappa shape index (κ2) is 6.93. The molecule has 2 N–H and O–H groups in total. The molecule has 0 atom stereocenters. The van der Waals surface area contributed by atoms with Crippen LogP contribution in [-0.4, -0.2) is 28.2 Å². The third kappa shape index (κ3) is 3.65. The molecule has 28 heavy (non-hydrogen) atoms. The van der Waals surface area contributed by atoms with Gasteiger partial charge in [-0.3, -0.25) is 9.40 Å². The van der Waals surface area contributed by atoms with Crippen molar-refractivity contribution >= 4 is 38.4 Å². The zero-order valence-corrected chi connectivity index (χ0v) is 16.1. The molecule has 4 aromatic rings. The van der Waals surface area contributed by atoms with E-state index in [1.165, 1.54) is 17.1 Å². The molecule has 0 radical (unpaired) electrons. The molecule has 0 saturated carbocycles. The summed E-state index contributed by atoms with van der Waals surface area (Å²) in [5.41, 5.74) is 3.13. The van der Waals surface area contributed by atoms with Gasteiger partial charge in [-0.05, 0) is 31.2 Å². The number of aryl methyl sites for hydroxylation is 2. The third-order valence-electron chi connectivity index (χ3n) is 4.11. The molecule has 0 aliphatic carbocycles. The molecule has 2 aromatic heterocycles. The van der Waals surface area contributed by atoms with Crippen LogP contribution < -0.4 is 10.0 Å². The number of hydrogen-bond donors (Lipinski definition) is 2. The minimum Gasteiger partial charge on any atom is -0.337 e. The normalized spacial score (nSPS) is 11.5. The molecule has 142 valence electrons. The number of fused-ring (bicyclic) bond motifs is 1. The van der Waals surface area contributed by atoms with Crippen LogP contribution in [0.5, 0.6) is 0 Å². The lowest BCUT2D eigenvalue weighted by atomic mass is 10.2. The Morgan fingerprint density at radius 2 is 1.57 bits per heavy atom. The highest BCUT2D eigenvalue weighted by molar-refractivity contribution is 7.92. The maximum atomic E-state index is 12.7. The molecule has 0 spiro atoms. The van der Waals surface area contributed by atoms with Crippen molar-refractivity contribution in [3.05, 3.63) is 66.5 Å². The van der Waals surface area contributed by atoms with E-state index in [0.717, 1.165) is 11.3 Å². The van der Waals surface area contributed by atoms with E-state index in [-0.39, 0.29) is 10.7 Å². The van der Waals surface area contributed by atoms with E-state index >= 15 is 0 Å². The average molecular weight is 394 g/mol. The Labute approximate surface area is 162 Å². The number of hydrogen-bond acceptors (Lipinski definition) is 6. The monoisotopic (exact) mass is 394 g/mol. The minimum atomic E-state index is -3.86. The lowest BCUT2D eigenvalue weighted by molar-refractivity contribution is 0.601. The first-order valence-corrected chi connectivity index (χ1v) is 10.0. The zero-order chi connectivity index (χ0) is 19.7. The van der Waals surface area contributed by atoms with Gasteiger partial charge in [0.05, 0.1) is 17.2 Å². The molecule has 2 heterocycles. The van der Waals surface area contributed by atoms with Crippen LogP contribution in [0.25, 0.3) is 11.0 Å². The number of anilines is 3. The van der Waals surface area contributed by atoms with Gasteiger partial charge in [-0.2, -0.15) is 5.10 Å². The second-order valence-electron chi connectivity index (χ2n) is 6.36. The van der Waals surface area contributed by atoms with Crippen molar-refractivity contribution in [1.82, 2.24) is 19.7 Å². The average Bonchev–Trinajstić information content (AvgIpc) is 3.11. The fourth-order valence-corrected chi connectivity index (χ4v) is 3.65. The number of benzene rings is 2. The standard InChI is InChI=1S/C19H18N6O2S/c1-13-7-9-14(10-8-13)21-18-19(23-17-6-4-3-5-16(17)22-18)24-28(26,27)15-11-20-25(2)12-15/h3-12H,1-2H3,(H,21,22)(H,23,24). The molecular weight excluding hydrogens is 376 g/mol. The van der Waals surface area contributed by atoms with Crippen LogP contribution in [-0.2, 0) is 17.1 Å². The summed E-state index contributed by atoms with van der Waals surface area (Å²) in [5.74, 6) is 0.429. The Morgan fingerprint density at radius 3 is 2.18 bits per heavy atom. The number of nitrogens with one attached hydrogen (secondary N) is 2. The smallest absolute Gasteiger partial charge is 0.266 e. The summed E-state index contributed by atoms with van der Waals surface area (Å²) in [4.78, 5) is 9.07. The van der Waals surface area contributed by atoms with E-state index in [4.69, 9.17) is 0 Å². The van der Waals surface area contributed by atoms with Crippen molar-refractivity contribution < 1.29 is 8.42 Å². The minimum absolute atomic E-state index is 0.0474. The lowest BCUT2D eigenvalue weighted by Gasteiger charge is -2.13. The number of nitrogens with zero attached hydrogens (tertiary/aromatic N) is 4. The molecule has 0 saturated heterocycles. The predicted octanol–water partition coefficient (Wildman–Crippen LogP) is 3.22. The number of sulfonamides is 1. The number of aromatic nitrogens is 4. The zero-order valence-electron chi connectivity index (χ0n) is 15.3. The van der Waals surface area contributed by atoms with Gasteiger partial charge < -0.3 is 5.32 Å². The van der Waals surface area contributed by atoms with E-state index in [0.29, 0.717) is 16.9 Å². The van der Waals surface area contributed by atoms with Crippen molar-refractivity contribution in [3.63, 3.8) is 0 Å². The van der Waals surface area contributed by atoms with Gasteiger partial charge in [0.25, 0.3) is 10.0 Å². The third-order valence-corrected chi connectivity index (χ3v) is 5.40. The SMILES string of the molecule is Cc1ccc(Nc2nc3ccccc3nc2NS(=O)(=O)c2cnn(C)c2)cc1. The first-order valence-electron chi connectivity index (χ1n) is 8.53. The molecule has 0 amide bonds. The Kier molecular flexibility index (Phi) is 4.44. The summed E-state index contributed by atoms with van der Waals surface area (Å²) in [6.45, 7) is 1.99. The van der Waals surface area contributed by atoms with Crippen LogP contribution in [0.4, 0.5) is 17.3 Å². The van der Waals surface area contributed by atoms with Gasteiger partial charge in [0, 0.05) is 18.9 Å². The van der Waals surface area contributed by atoms with Crippen LogP contribution in [0.2, 0.25) is 0 Å².